The number of imidazole rings is 1. The van der Waals surface area contributed by atoms with Crippen LogP contribution in [0.2, 0.25) is 5.02 Å². The molecule has 1 aliphatic rings. The van der Waals surface area contributed by atoms with E-state index in [2.05, 4.69) is 43.6 Å². The normalized spacial score (nSPS) is 15.2. The van der Waals surface area contributed by atoms with Crippen LogP contribution >= 0.6 is 11.6 Å². The summed E-state index contributed by atoms with van der Waals surface area (Å²) in [6.07, 6.45) is 5.48. The third-order valence-electron chi connectivity index (χ3n) is 4.79. The Balaban J connectivity index is 1.56. The second-order valence-corrected chi connectivity index (χ2v) is 7.25. The number of nitrogens with one attached hydrogen (secondary N) is 3. The molecule has 0 saturated heterocycles. The van der Waals surface area contributed by atoms with Gasteiger partial charge in [-0.05, 0) is 31.9 Å². The highest BCUT2D eigenvalue weighted by atomic mass is 35.5. The number of halogens is 1. The van der Waals surface area contributed by atoms with Crippen molar-refractivity contribution in [3.63, 3.8) is 0 Å². The molecule has 8 heteroatoms. The van der Waals surface area contributed by atoms with E-state index >= 15 is 0 Å². The highest BCUT2D eigenvalue weighted by Crippen LogP contribution is 2.34. The van der Waals surface area contributed by atoms with Crippen molar-refractivity contribution >= 4 is 45.3 Å². The summed E-state index contributed by atoms with van der Waals surface area (Å²) in [5, 5.41) is 8.68. The van der Waals surface area contributed by atoms with E-state index in [1.54, 1.807) is 6.33 Å². The fourth-order valence-corrected chi connectivity index (χ4v) is 3.43. The van der Waals surface area contributed by atoms with Gasteiger partial charge in [0, 0.05) is 17.0 Å². The van der Waals surface area contributed by atoms with Crippen molar-refractivity contribution in [1.82, 2.24) is 24.9 Å². The molecule has 3 aromatic heterocycles. The number of benzene rings is 1. The van der Waals surface area contributed by atoms with Crippen LogP contribution in [0.15, 0.2) is 36.9 Å². The summed E-state index contributed by atoms with van der Waals surface area (Å²) in [5.41, 5.74) is 3.32. The molecule has 5 rings (SSSR count). The molecule has 1 aromatic carbocycles. The maximum absolute atomic E-state index is 6.36. The molecule has 3 heterocycles. The molecule has 1 aliphatic carbocycles. The average Bonchev–Trinajstić information content (AvgIpc) is 3.34. The molecule has 0 aliphatic heterocycles. The number of anilines is 2. The molecule has 0 unspecified atom stereocenters. The highest BCUT2D eigenvalue weighted by Gasteiger charge is 2.24. The molecule has 1 atom stereocenters. The van der Waals surface area contributed by atoms with Gasteiger partial charge in [0.1, 0.15) is 17.7 Å². The van der Waals surface area contributed by atoms with Crippen molar-refractivity contribution in [3.8, 4) is 0 Å². The van der Waals surface area contributed by atoms with E-state index in [0.717, 1.165) is 27.8 Å². The van der Waals surface area contributed by atoms with Gasteiger partial charge < -0.3 is 15.6 Å². The van der Waals surface area contributed by atoms with Gasteiger partial charge in [-0.15, -0.1) is 0 Å². The lowest BCUT2D eigenvalue weighted by Crippen LogP contribution is -2.14. The Morgan fingerprint density at radius 2 is 2.07 bits per heavy atom. The van der Waals surface area contributed by atoms with Gasteiger partial charge in [-0.3, -0.25) is 0 Å². The summed E-state index contributed by atoms with van der Waals surface area (Å²) in [6, 6.07) is 8.45. The van der Waals surface area contributed by atoms with Crippen molar-refractivity contribution in [2.45, 2.75) is 31.8 Å². The largest absolute Gasteiger partial charge is 0.367 e. The molecule has 0 bridgehead atoms. The van der Waals surface area contributed by atoms with Crippen molar-refractivity contribution in [2.24, 2.45) is 0 Å². The Bertz CT molecular complexity index is 1140. The molecule has 0 radical (unpaired) electrons. The third-order valence-corrected chi connectivity index (χ3v) is 5.09. The maximum atomic E-state index is 6.36. The van der Waals surface area contributed by atoms with Crippen LogP contribution in [0.5, 0.6) is 0 Å². The molecule has 136 valence electrons. The van der Waals surface area contributed by atoms with Gasteiger partial charge in [-0.1, -0.05) is 23.7 Å². The van der Waals surface area contributed by atoms with E-state index in [1.807, 2.05) is 18.2 Å². The Hall–Kier alpha value is -2.93. The van der Waals surface area contributed by atoms with Crippen molar-refractivity contribution in [3.05, 3.63) is 47.5 Å². The summed E-state index contributed by atoms with van der Waals surface area (Å²) in [7, 11) is 0. The number of hydrogen-bond acceptors (Lipinski definition) is 6. The first-order valence-corrected chi connectivity index (χ1v) is 9.33. The predicted octanol–water partition coefficient (Wildman–Crippen LogP) is 4.30. The molecule has 4 aromatic rings. The third kappa shape index (κ3) is 3.04. The minimum absolute atomic E-state index is 0.0245. The number of fused-ring (bicyclic) bond motifs is 2. The summed E-state index contributed by atoms with van der Waals surface area (Å²) < 4.78 is 0. The molecule has 3 N–H and O–H groups in total. The fraction of sp³-hybridized carbons (Fsp3) is 0.263. The lowest BCUT2D eigenvalue weighted by molar-refractivity contribution is 0.868. The summed E-state index contributed by atoms with van der Waals surface area (Å²) >= 11 is 6.36. The van der Waals surface area contributed by atoms with Crippen molar-refractivity contribution in [1.29, 1.82) is 0 Å². The van der Waals surface area contributed by atoms with Crippen LogP contribution in [-0.4, -0.2) is 31.0 Å². The second kappa shape index (κ2) is 6.35. The maximum Gasteiger partial charge on any atom is 0.182 e. The van der Waals surface area contributed by atoms with Gasteiger partial charge in [0.15, 0.2) is 11.5 Å². The Kier molecular flexibility index (Phi) is 3.82. The predicted molar refractivity (Wildman–Crippen MR) is 107 cm³/mol. The highest BCUT2D eigenvalue weighted by molar-refractivity contribution is 6.35. The SMILES string of the molecule is C[C@H](Nc1ncnc2nc[nH]c12)c1cc2cccc(Cl)c2nc1NC1CC1. The number of rotatable bonds is 5. The van der Waals surface area contributed by atoms with E-state index in [1.165, 1.54) is 19.2 Å². The van der Waals surface area contributed by atoms with Gasteiger partial charge in [0.2, 0.25) is 0 Å². The molecule has 0 spiro atoms. The van der Waals surface area contributed by atoms with Crippen molar-refractivity contribution in [2.75, 3.05) is 10.6 Å². The number of nitrogens with zero attached hydrogens (tertiary/aromatic N) is 4. The zero-order valence-corrected chi connectivity index (χ0v) is 15.5. The smallest absolute Gasteiger partial charge is 0.182 e. The standard InChI is InChI=1S/C19H18ClN7/c1-10(25-19-16-18(22-8-21-16)23-9-24-19)13-7-11-3-2-4-14(20)15(11)27-17(13)26-12-5-6-12/h2-4,7-10,12H,5-6H2,1H3,(H,26,27)(H2,21,22,23,24,25)/t10-/m0/s1. The van der Waals surface area contributed by atoms with E-state index in [-0.39, 0.29) is 6.04 Å². The Morgan fingerprint density at radius 3 is 2.93 bits per heavy atom. The number of hydrogen-bond donors (Lipinski definition) is 3. The quantitative estimate of drug-likeness (QED) is 0.478. The van der Waals surface area contributed by atoms with Crippen LogP contribution in [-0.2, 0) is 0 Å². The number of aromatic nitrogens is 5. The molecule has 0 amide bonds. The zero-order chi connectivity index (χ0) is 18.4. The lowest BCUT2D eigenvalue weighted by Gasteiger charge is -2.20. The lowest BCUT2D eigenvalue weighted by atomic mass is 10.1. The van der Waals surface area contributed by atoms with E-state index in [4.69, 9.17) is 16.6 Å². The monoisotopic (exact) mass is 379 g/mol. The van der Waals surface area contributed by atoms with Crippen LogP contribution < -0.4 is 10.6 Å². The Labute approximate surface area is 160 Å². The second-order valence-electron chi connectivity index (χ2n) is 6.85. The summed E-state index contributed by atoms with van der Waals surface area (Å²) in [6.45, 7) is 2.09. The minimum atomic E-state index is -0.0245. The van der Waals surface area contributed by atoms with Gasteiger partial charge in [0.25, 0.3) is 0 Å². The van der Waals surface area contributed by atoms with Crippen LogP contribution in [0.1, 0.15) is 31.4 Å². The van der Waals surface area contributed by atoms with Crippen LogP contribution in [0, 0.1) is 0 Å². The summed E-state index contributed by atoms with van der Waals surface area (Å²) in [4.78, 5) is 20.6. The first-order valence-electron chi connectivity index (χ1n) is 8.95. The van der Waals surface area contributed by atoms with Crippen molar-refractivity contribution < 1.29 is 0 Å². The molecule has 27 heavy (non-hydrogen) atoms. The summed E-state index contributed by atoms with van der Waals surface area (Å²) in [5.74, 6) is 1.58. The molecule has 1 fully saturated rings. The Morgan fingerprint density at radius 1 is 1.19 bits per heavy atom. The zero-order valence-electron chi connectivity index (χ0n) is 14.7. The van der Waals surface area contributed by atoms with Gasteiger partial charge in [-0.2, -0.15) is 0 Å². The molecular weight excluding hydrogens is 362 g/mol. The first kappa shape index (κ1) is 16.3. The van der Waals surface area contributed by atoms with Crippen LogP contribution in [0.4, 0.5) is 11.6 Å². The molecular formula is C19H18ClN7. The van der Waals surface area contributed by atoms with Crippen LogP contribution in [0.25, 0.3) is 22.1 Å². The van der Waals surface area contributed by atoms with Crippen LogP contribution in [0.3, 0.4) is 0 Å². The van der Waals surface area contributed by atoms with Gasteiger partial charge >= 0.3 is 0 Å². The van der Waals surface area contributed by atoms with Gasteiger partial charge in [0.05, 0.1) is 22.9 Å². The first-order chi connectivity index (χ1) is 13.2. The number of para-hydroxylation sites is 1. The minimum Gasteiger partial charge on any atom is -0.367 e. The molecule has 1 saturated carbocycles. The topological polar surface area (TPSA) is 91.4 Å². The van der Waals surface area contributed by atoms with E-state index < -0.39 is 0 Å². The average molecular weight is 380 g/mol. The van der Waals surface area contributed by atoms with E-state index in [0.29, 0.717) is 22.5 Å². The number of pyridine rings is 1. The fourth-order valence-electron chi connectivity index (χ4n) is 3.20. The van der Waals surface area contributed by atoms with Gasteiger partial charge in [-0.25, -0.2) is 19.9 Å². The van der Waals surface area contributed by atoms with E-state index in [9.17, 15) is 0 Å². The number of H-pyrrole nitrogens is 1. The number of aromatic amines is 1. The molecule has 7 nitrogen and oxygen atoms in total.